The van der Waals surface area contributed by atoms with E-state index in [0.717, 1.165) is 0 Å². The standard InChI is InChI=1S/C11H14ClN3O3/c1-7(2)11(16)5-14(6-11)10-9(15(17)18)3-8(12)4-13-10/h3-4,7,16H,5-6H2,1-2H3. The van der Waals surface area contributed by atoms with E-state index in [9.17, 15) is 15.2 Å². The van der Waals surface area contributed by atoms with Gasteiger partial charge in [-0.25, -0.2) is 4.98 Å². The molecular weight excluding hydrogens is 258 g/mol. The minimum Gasteiger partial charge on any atom is -0.386 e. The fourth-order valence-corrected chi connectivity index (χ4v) is 2.08. The number of pyridine rings is 1. The average Bonchev–Trinajstić information content (AvgIpc) is 2.24. The van der Waals surface area contributed by atoms with E-state index in [1.165, 1.54) is 12.3 Å². The van der Waals surface area contributed by atoms with Crippen molar-refractivity contribution in [2.24, 2.45) is 5.92 Å². The number of halogens is 1. The van der Waals surface area contributed by atoms with Crippen molar-refractivity contribution in [1.29, 1.82) is 0 Å². The van der Waals surface area contributed by atoms with E-state index < -0.39 is 10.5 Å². The van der Waals surface area contributed by atoms with Gasteiger partial charge in [0.2, 0.25) is 5.82 Å². The van der Waals surface area contributed by atoms with Crippen molar-refractivity contribution in [2.75, 3.05) is 18.0 Å². The second-order valence-corrected chi connectivity index (χ2v) is 5.30. The highest BCUT2D eigenvalue weighted by atomic mass is 35.5. The van der Waals surface area contributed by atoms with Crippen LogP contribution in [-0.2, 0) is 0 Å². The normalized spacial score (nSPS) is 17.7. The van der Waals surface area contributed by atoms with Crippen LogP contribution in [0.15, 0.2) is 12.3 Å². The highest BCUT2D eigenvalue weighted by Crippen LogP contribution is 2.36. The molecule has 0 radical (unpaired) electrons. The van der Waals surface area contributed by atoms with E-state index in [1.807, 2.05) is 13.8 Å². The van der Waals surface area contributed by atoms with E-state index in [2.05, 4.69) is 4.98 Å². The number of nitro groups is 1. The molecule has 18 heavy (non-hydrogen) atoms. The number of hydrogen-bond acceptors (Lipinski definition) is 5. The predicted octanol–water partition coefficient (Wildman–Crippen LogP) is 1.85. The second-order valence-electron chi connectivity index (χ2n) is 4.87. The maximum atomic E-state index is 10.9. The van der Waals surface area contributed by atoms with Gasteiger partial charge in [0.1, 0.15) is 5.60 Å². The molecule has 0 spiro atoms. The molecule has 2 rings (SSSR count). The van der Waals surface area contributed by atoms with E-state index in [4.69, 9.17) is 11.6 Å². The molecule has 6 nitrogen and oxygen atoms in total. The third kappa shape index (κ3) is 2.13. The Hall–Kier alpha value is -1.40. The maximum absolute atomic E-state index is 10.9. The van der Waals surface area contributed by atoms with Crippen molar-refractivity contribution in [1.82, 2.24) is 4.98 Å². The first kappa shape index (κ1) is 13.0. The van der Waals surface area contributed by atoms with Crippen LogP contribution in [0.5, 0.6) is 0 Å². The molecule has 1 aromatic heterocycles. The summed E-state index contributed by atoms with van der Waals surface area (Å²) in [6.07, 6.45) is 1.37. The van der Waals surface area contributed by atoms with Gasteiger partial charge < -0.3 is 10.0 Å². The molecule has 1 aliphatic heterocycles. The topological polar surface area (TPSA) is 79.5 Å². The first-order valence-corrected chi connectivity index (χ1v) is 5.98. The molecular formula is C11H14ClN3O3. The van der Waals surface area contributed by atoms with Crippen LogP contribution in [0, 0.1) is 16.0 Å². The Kier molecular flexibility index (Phi) is 3.16. The Morgan fingerprint density at radius 3 is 2.72 bits per heavy atom. The zero-order chi connectivity index (χ0) is 13.5. The minimum atomic E-state index is -0.796. The number of aliphatic hydroxyl groups is 1. The van der Waals surface area contributed by atoms with Crippen LogP contribution in [-0.4, -0.2) is 33.7 Å². The summed E-state index contributed by atoms with van der Waals surface area (Å²) in [6, 6.07) is 1.27. The lowest BCUT2D eigenvalue weighted by Crippen LogP contribution is -2.65. The van der Waals surface area contributed by atoms with Crippen LogP contribution in [0.2, 0.25) is 5.02 Å². The van der Waals surface area contributed by atoms with Crippen molar-refractivity contribution in [2.45, 2.75) is 19.4 Å². The molecule has 0 unspecified atom stereocenters. The maximum Gasteiger partial charge on any atom is 0.313 e. The highest BCUT2D eigenvalue weighted by molar-refractivity contribution is 6.30. The van der Waals surface area contributed by atoms with Gasteiger partial charge in [0.15, 0.2) is 0 Å². The first-order valence-electron chi connectivity index (χ1n) is 5.61. The number of rotatable bonds is 3. The lowest BCUT2D eigenvalue weighted by atomic mass is 9.83. The monoisotopic (exact) mass is 271 g/mol. The van der Waals surface area contributed by atoms with E-state index in [1.54, 1.807) is 4.90 Å². The summed E-state index contributed by atoms with van der Waals surface area (Å²) < 4.78 is 0. The molecule has 0 amide bonds. The van der Waals surface area contributed by atoms with Gasteiger partial charge in [-0.2, -0.15) is 0 Å². The molecule has 98 valence electrons. The molecule has 0 atom stereocenters. The van der Waals surface area contributed by atoms with Crippen molar-refractivity contribution < 1.29 is 10.0 Å². The molecule has 1 saturated heterocycles. The third-order valence-corrected chi connectivity index (χ3v) is 3.52. The lowest BCUT2D eigenvalue weighted by molar-refractivity contribution is -0.384. The molecule has 0 saturated carbocycles. The summed E-state index contributed by atoms with van der Waals surface area (Å²) in [5.41, 5.74) is -0.928. The number of hydrogen-bond donors (Lipinski definition) is 1. The smallest absolute Gasteiger partial charge is 0.313 e. The summed E-state index contributed by atoms with van der Waals surface area (Å²) in [5.74, 6) is 0.356. The summed E-state index contributed by atoms with van der Waals surface area (Å²) in [7, 11) is 0. The zero-order valence-electron chi connectivity index (χ0n) is 10.1. The molecule has 1 aromatic rings. The van der Waals surface area contributed by atoms with Crippen molar-refractivity contribution >= 4 is 23.1 Å². The van der Waals surface area contributed by atoms with Crippen molar-refractivity contribution in [3.05, 3.63) is 27.4 Å². The Bertz CT molecular complexity index is 486. The Balaban J connectivity index is 2.24. The quantitative estimate of drug-likeness (QED) is 0.670. The largest absolute Gasteiger partial charge is 0.386 e. The molecule has 2 heterocycles. The number of β-amino-alcohol motifs (C(OH)–C–C–N with tert-alkyl or cyclic N) is 1. The van der Waals surface area contributed by atoms with E-state index in [-0.39, 0.29) is 22.4 Å². The molecule has 1 aliphatic rings. The SMILES string of the molecule is CC(C)C1(O)CN(c2ncc(Cl)cc2[N+](=O)[O-])C1. The van der Waals surface area contributed by atoms with Gasteiger partial charge in [-0.15, -0.1) is 0 Å². The van der Waals surface area contributed by atoms with Gasteiger partial charge in [0.25, 0.3) is 0 Å². The van der Waals surface area contributed by atoms with Crippen LogP contribution in [0.3, 0.4) is 0 Å². The van der Waals surface area contributed by atoms with E-state index in [0.29, 0.717) is 13.1 Å². The van der Waals surface area contributed by atoms with Gasteiger partial charge in [0, 0.05) is 12.3 Å². The molecule has 0 aromatic carbocycles. The third-order valence-electron chi connectivity index (χ3n) is 3.31. The molecule has 1 N–H and O–H groups in total. The van der Waals surface area contributed by atoms with Crippen molar-refractivity contribution in [3.63, 3.8) is 0 Å². The van der Waals surface area contributed by atoms with Gasteiger partial charge in [-0.3, -0.25) is 10.1 Å². The second kappa shape index (κ2) is 4.37. The predicted molar refractivity (Wildman–Crippen MR) is 67.9 cm³/mol. The van der Waals surface area contributed by atoms with Gasteiger partial charge in [-0.1, -0.05) is 25.4 Å². The summed E-state index contributed by atoms with van der Waals surface area (Å²) >= 11 is 5.70. The van der Waals surface area contributed by atoms with Crippen LogP contribution < -0.4 is 4.90 Å². The Labute approximate surface area is 109 Å². The van der Waals surface area contributed by atoms with Crippen LogP contribution in [0.4, 0.5) is 11.5 Å². The summed E-state index contributed by atoms with van der Waals surface area (Å²) in [4.78, 5) is 16.1. The summed E-state index contributed by atoms with van der Waals surface area (Å²) in [6.45, 7) is 4.53. The molecule has 1 fully saturated rings. The Morgan fingerprint density at radius 1 is 1.61 bits per heavy atom. The van der Waals surface area contributed by atoms with Crippen molar-refractivity contribution in [3.8, 4) is 0 Å². The van der Waals surface area contributed by atoms with Gasteiger partial charge >= 0.3 is 5.69 Å². The number of nitrogens with zero attached hydrogens (tertiary/aromatic N) is 3. The molecule has 0 bridgehead atoms. The van der Waals surface area contributed by atoms with Crippen LogP contribution in [0.25, 0.3) is 0 Å². The van der Waals surface area contributed by atoms with Gasteiger partial charge in [0.05, 0.1) is 23.0 Å². The lowest BCUT2D eigenvalue weighted by Gasteiger charge is -2.49. The number of anilines is 1. The van der Waals surface area contributed by atoms with E-state index >= 15 is 0 Å². The Morgan fingerprint density at radius 2 is 2.22 bits per heavy atom. The average molecular weight is 272 g/mol. The number of aromatic nitrogens is 1. The molecule has 0 aliphatic carbocycles. The summed E-state index contributed by atoms with van der Waals surface area (Å²) in [5, 5.41) is 21.3. The fraction of sp³-hybridized carbons (Fsp3) is 0.545. The fourth-order valence-electron chi connectivity index (χ4n) is 1.93. The van der Waals surface area contributed by atoms with Crippen LogP contribution in [0.1, 0.15) is 13.8 Å². The van der Waals surface area contributed by atoms with Gasteiger partial charge in [-0.05, 0) is 5.92 Å². The molecule has 7 heteroatoms. The first-order chi connectivity index (χ1) is 8.33. The zero-order valence-corrected chi connectivity index (χ0v) is 10.9. The minimum absolute atomic E-state index is 0.0973. The van der Waals surface area contributed by atoms with Crippen LogP contribution >= 0.6 is 11.6 Å². The highest BCUT2D eigenvalue weighted by Gasteiger charge is 2.46.